The van der Waals surface area contributed by atoms with Gasteiger partial charge in [-0.3, -0.25) is 0 Å². The normalized spacial score (nSPS) is 9.77. The number of carbonyl (C=O) groups excluding carboxylic acids is 1. The molecule has 1 heterocycles. The number of rotatable bonds is 1. The molecule has 13 heavy (non-hydrogen) atoms. The second-order valence-electron chi connectivity index (χ2n) is 2.17. The van der Waals surface area contributed by atoms with Crippen molar-refractivity contribution in [1.82, 2.24) is 0 Å². The number of carbonyl (C=O) groups is 1. The number of pyridine rings is 1. The van der Waals surface area contributed by atoms with Gasteiger partial charge >= 0.3 is 11.7 Å². The van der Waals surface area contributed by atoms with Crippen molar-refractivity contribution in [2.75, 3.05) is 7.11 Å². The van der Waals surface area contributed by atoms with Crippen LogP contribution >= 0.6 is 27.5 Å². The highest BCUT2D eigenvalue weighted by atomic mass is 79.9. The maximum atomic E-state index is 11.2. The molecule has 4 nitrogen and oxygen atoms in total. The number of esters is 1. The van der Waals surface area contributed by atoms with Crippen molar-refractivity contribution in [3.63, 3.8) is 0 Å². The molecule has 0 aliphatic heterocycles. The summed E-state index contributed by atoms with van der Waals surface area (Å²) < 4.78 is 5.24. The summed E-state index contributed by atoms with van der Waals surface area (Å²) >= 11 is 8.72. The number of nitrogens with zero attached hydrogens (tertiary/aromatic N) is 1. The van der Waals surface area contributed by atoms with Gasteiger partial charge in [-0.25, -0.2) is 4.79 Å². The highest BCUT2D eigenvalue weighted by Crippen LogP contribution is 2.17. The fourth-order valence-electron chi connectivity index (χ4n) is 0.793. The second-order valence-corrected chi connectivity index (χ2v) is 3.50. The van der Waals surface area contributed by atoms with Crippen molar-refractivity contribution in [2.24, 2.45) is 0 Å². The highest BCUT2D eigenvalue weighted by molar-refractivity contribution is 9.10. The first-order valence-corrected chi connectivity index (χ1v) is 4.40. The average molecular weight is 266 g/mol. The monoisotopic (exact) mass is 265 g/mol. The smallest absolute Gasteiger partial charge is 0.406 e. The van der Waals surface area contributed by atoms with Crippen molar-refractivity contribution in [2.45, 2.75) is 0 Å². The Kier molecular flexibility index (Phi) is 3.11. The van der Waals surface area contributed by atoms with E-state index in [1.807, 2.05) is 0 Å². The Morgan fingerprint density at radius 1 is 1.77 bits per heavy atom. The highest BCUT2D eigenvalue weighted by Gasteiger charge is 2.22. The van der Waals surface area contributed by atoms with Gasteiger partial charge in [0.2, 0.25) is 0 Å². The van der Waals surface area contributed by atoms with Gasteiger partial charge in [-0.05, 0) is 22.0 Å². The standard InChI is InChI=1S/C7H5BrClNO3/c1-13-7(11)6-5(9)2-4(8)3-10(6)12/h2-3H,1H3. The van der Waals surface area contributed by atoms with Crippen LogP contribution in [0.5, 0.6) is 0 Å². The molecule has 0 aromatic carbocycles. The Morgan fingerprint density at radius 3 is 2.85 bits per heavy atom. The van der Waals surface area contributed by atoms with Gasteiger partial charge in [-0.15, -0.1) is 0 Å². The summed E-state index contributed by atoms with van der Waals surface area (Å²) in [5, 5.41) is 11.2. The molecule has 0 amide bonds. The molecule has 0 spiro atoms. The molecule has 1 rings (SSSR count). The van der Waals surface area contributed by atoms with Crippen LogP contribution in [-0.4, -0.2) is 13.1 Å². The van der Waals surface area contributed by atoms with E-state index in [4.69, 9.17) is 11.6 Å². The van der Waals surface area contributed by atoms with Crippen LogP contribution in [-0.2, 0) is 4.74 Å². The molecule has 0 bridgehead atoms. The lowest BCUT2D eigenvalue weighted by Gasteiger charge is -2.04. The average Bonchev–Trinajstić information content (AvgIpc) is 2.02. The van der Waals surface area contributed by atoms with E-state index in [1.165, 1.54) is 19.4 Å². The maximum absolute atomic E-state index is 11.2. The molecule has 70 valence electrons. The molecule has 0 N–H and O–H groups in total. The van der Waals surface area contributed by atoms with E-state index >= 15 is 0 Å². The summed E-state index contributed by atoms with van der Waals surface area (Å²) in [7, 11) is 1.18. The minimum atomic E-state index is -0.757. The van der Waals surface area contributed by atoms with E-state index in [-0.39, 0.29) is 10.7 Å². The van der Waals surface area contributed by atoms with E-state index in [2.05, 4.69) is 20.7 Å². The molecule has 0 saturated carbocycles. The maximum Gasteiger partial charge on any atom is 0.406 e. The summed E-state index contributed by atoms with van der Waals surface area (Å²) in [6, 6.07) is 1.45. The van der Waals surface area contributed by atoms with Crippen LogP contribution in [0.25, 0.3) is 0 Å². The summed E-state index contributed by atoms with van der Waals surface area (Å²) in [6.07, 6.45) is 1.18. The lowest BCUT2D eigenvalue weighted by molar-refractivity contribution is -0.608. The summed E-state index contributed by atoms with van der Waals surface area (Å²) in [4.78, 5) is 11.0. The molecule has 6 heteroatoms. The Balaban J connectivity index is 3.28. The zero-order chi connectivity index (χ0) is 10.0. The third kappa shape index (κ3) is 2.10. The van der Waals surface area contributed by atoms with Crippen LogP contribution in [0.3, 0.4) is 0 Å². The van der Waals surface area contributed by atoms with Gasteiger partial charge in [0.05, 0.1) is 11.6 Å². The molecule has 0 radical (unpaired) electrons. The Bertz CT molecular complexity index is 333. The largest absolute Gasteiger partial charge is 0.618 e. The first-order valence-electron chi connectivity index (χ1n) is 3.22. The van der Waals surface area contributed by atoms with E-state index in [0.29, 0.717) is 9.20 Å². The molecular weight excluding hydrogens is 261 g/mol. The van der Waals surface area contributed by atoms with Gasteiger partial charge in [-0.2, -0.15) is 4.73 Å². The van der Waals surface area contributed by atoms with Crippen LogP contribution in [0.1, 0.15) is 10.5 Å². The molecule has 0 fully saturated rings. The summed E-state index contributed by atoms with van der Waals surface area (Å²) in [5.74, 6) is -0.757. The first-order chi connectivity index (χ1) is 6.06. The number of hydrogen-bond acceptors (Lipinski definition) is 3. The molecule has 1 aromatic heterocycles. The van der Waals surface area contributed by atoms with Crippen LogP contribution in [0.15, 0.2) is 16.7 Å². The minimum absolute atomic E-state index is 0.0521. The topological polar surface area (TPSA) is 53.2 Å². The quantitative estimate of drug-likeness (QED) is 0.440. The van der Waals surface area contributed by atoms with Crippen LogP contribution < -0.4 is 4.73 Å². The van der Waals surface area contributed by atoms with Crippen molar-refractivity contribution in [3.8, 4) is 0 Å². The fraction of sp³-hybridized carbons (Fsp3) is 0.143. The lowest BCUT2D eigenvalue weighted by atomic mass is 10.3. The molecule has 0 aliphatic rings. The van der Waals surface area contributed by atoms with E-state index in [9.17, 15) is 10.0 Å². The van der Waals surface area contributed by atoms with Crippen LogP contribution in [0.4, 0.5) is 0 Å². The molecule has 0 saturated heterocycles. The van der Waals surface area contributed by atoms with E-state index < -0.39 is 5.97 Å². The van der Waals surface area contributed by atoms with E-state index in [1.54, 1.807) is 0 Å². The van der Waals surface area contributed by atoms with Gasteiger partial charge in [0.25, 0.3) is 0 Å². The molecule has 0 atom stereocenters. The number of methoxy groups -OCH3 is 1. The molecule has 0 aliphatic carbocycles. The predicted molar refractivity (Wildman–Crippen MR) is 49.5 cm³/mol. The number of halogens is 2. The summed E-state index contributed by atoms with van der Waals surface area (Å²) in [5.41, 5.74) is -0.215. The third-order valence-corrected chi connectivity index (χ3v) is 2.05. The zero-order valence-corrected chi connectivity index (χ0v) is 8.92. The number of ether oxygens (including phenoxy) is 1. The molecule has 0 unspecified atom stereocenters. The van der Waals surface area contributed by atoms with Crippen LogP contribution in [0, 0.1) is 5.21 Å². The minimum Gasteiger partial charge on any atom is -0.618 e. The van der Waals surface area contributed by atoms with Crippen molar-refractivity contribution in [1.29, 1.82) is 0 Å². The number of aromatic nitrogens is 1. The first kappa shape index (κ1) is 10.3. The zero-order valence-electron chi connectivity index (χ0n) is 6.58. The fourth-order valence-corrected chi connectivity index (χ4v) is 1.62. The Hall–Kier alpha value is -0.810. The predicted octanol–water partition coefficient (Wildman–Crippen LogP) is 1.52. The van der Waals surface area contributed by atoms with Gasteiger partial charge in [0.15, 0.2) is 6.20 Å². The molecular formula is C7H5BrClNO3. The van der Waals surface area contributed by atoms with Gasteiger partial charge in [0, 0.05) is 0 Å². The van der Waals surface area contributed by atoms with Gasteiger partial charge in [0.1, 0.15) is 5.02 Å². The van der Waals surface area contributed by atoms with Crippen molar-refractivity contribution in [3.05, 3.63) is 32.7 Å². The summed E-state index contributed by atoms with van der Waals surface area (Å²) in [6.45, 7) is 0. The van der Waals surface area contributed by atoms with Crippen molar-refractivity contribution < 1.29 is 14.3 Å². The van der Waals surface area contributed by atoms with Crippen molar-refractivity contribution >= 4 is 33.5 Å². The lowest BCUT2D eigenvalue weighted by Crippen LogP contribution is -2.35. The van der Waals surface area contributed by atoms with Gasteiger partial charge < -0.3 is 9.94 Å². The van der Waals surface area contributed by atoms with Crippen LogP contribution in [0.2, 0.25) is 5.02 Å². The second kappa shape index (κ2) is 3.93. The van der Waals surface area contributed by atoms with E-state index in [0.717, 1.165) is 0 Å². The molecule has 1 aromatic rings. The Labute approximate surface area is 87.8 Å². The SMILES string of the molecule is COC(=O)c1c(Cl)cc(Br)c[n+]1[O-]. The Morgan fingerprint density at radius 2 is 2.38 bits per heavy atom. The third-order valence-electron chi connectivity index (χ3n) is 1.33. The van der Waals surface area contributed by atoms with Gasteiger partial charge in [-0.1, -0.05) is 11.6 Å². The number of hydrogen-bond donors (Lipinski definition) is 0.